The van der Waals surface area contributed by atoms with Crippen LogP contribution in [0.25, 0.3) is 0 Å². The predicted molar refractivity (Wildman–Crippen MR) is 52.8 cm³/mol. The highest BCUT2D eigenvalue weighted by Crippen LogP contribution is 2.11. The van der Waals surface area contributed by atoms with Gasteiger partial charge in [0.05, 0.1) is 6.10 Å². The van der Waals surface area contributed by atoms with Gasteiger partial charge < -0.3 is 15.2 Å². The molecule has 1 heterocycles. The zero-order valence-corrected chi connectivity index (χ0v) is 8.46. The molecule has 13 heavy (non-hydrogen) atoms. The van der Waals surface area contributed by atoms with Crippen LogP contribution in [-0.4, -0.2) is 37.0 Å². The van der Waals surface area contributed by atoms with Crippen molar-refractivity contribution in [3.8, 4) is 0 Å². The molecule has 78 valence electrons. The summed E-state index contributed by atoms with van der Waals surface area (Å²) < 4.78 is 5.58. The van der Waals surface area contributed by atoms with Crippen LogP contribution >= 0.6 is 0 Å². The molecule has 0 amide bonds. The fourth-order valence-corrected chi connectivity index (χ4v) is 1.60. The summed E-state index contributed by atoms with van der Waals surface area (Å²) in [7, 11) is 0. The molecule has 1 fully saturated rings. The fraction of sp³-hybridized carbons (Fsp3) is 1.00. The maximum absolute atomic E-state index is 8.70. The topological polar surface area (TPSA) is 41.5 Å². The van der Waals surface area contributed by atoms with Gasteiger partial charge in [-0.3, -0.25) is 0 Å². The molecule has 1 rings (SSSR count). The number of ether oxygens (including phenoxy) is 1. The highest BCUT2D eigenvalue weighted by atomic mass is 16.5. The number of hydrogen-bond acceptors (Lipinski definition) is 3. The van der Waals surface area contributed by atoms with Crippen molar-refractivity contribution < 1.29 is 9.84 Å². The van der Waals surface area contributed by atoms with Crippen LogP contribution in [-0.2, 0) is 4.74 Å². The third-order valence-corrected chi connectivity index (χ3v) is 2.53. The Labute approximate surface area is 80.5 Å². The van der Waals surface area contributed by atoms with Gasteiger partial charge in [-0.15, -0.1) is 0 Å². The summed E-state index contributed by atoms with van der Waals surface area (Å²) in [5.41, 5.74) is 0. The standard InChI is InChI=1S/C10H21NO2/c1-9(5-6-12)11-8-10-4-2-3-7-13-10/h9-12H,2-8H2,1H3. The minimum atomic E-state index is 0.264. The van der Waals surface area contributed by atoms with E-state index in [-0.39, 0.29) is 6.61 Å². The Kier molecular flexibility index (Phi) is 5.35. The Morgan fingerprint density at radius 2 is 2.38 bits per heavy atom. The van der Waals surface area contributed by atoms with Crippen molar-refractivity contribution in [3.63, 3.8) is 0 Å². The number of nitrogens with one attached hydrogen (secondary N) is 1. The Morgan fingerprint density at radius 3 is 3.00 bits per heavy atom. The molecule has 0 spiro atoms. The van der Waals surface area contributed by atoms with Crippen molar-refractivity contribution in [2.75, 3.05) is 19.8 Å². The van der Waals surface area contributed by atoms with Crippen LogP contribution in [0.4, 0.5) is 0 Å². The molecule has 0 bridgehead atoms. The minimum absolute atomic E-state index is 0.264. The van der Waals surface area contributed by atoms with Gasteiger partial charge in [-0.1, -0.05) is 0 Å². The maximum atomic E-state index is 8.70. The quantitative estimate of drug-likeness (QED) is 0.672. The Balaban J connectivity index is 2.03. The van der Waals surface area contributed by atoms with Crippen molar-refractivity contribution in [1.82, 2.24) is 5.32 Å². The zero-order valence-electron chi connectivity index (χ0n) is 8.46. The van der Waals surface area contributed by atoms with Crippen molar-refractivity contribution in [2.45, 2.75) is 44.8 Å². The molecule has 0 aromatic rings. The van der Waals surface area contributed by atoms with E-state index < -0.39 is 0 Å². The van der Waals surface area contributed by atoms with E-state index in [1.165, 1.54) is 19.3 Å². The van der Waals surface area contributed by atoms with Gasteiger partial charge in [0.2, 0.25) is 0 Å². The lowest BCUT2D eigenvalue weighted by molar-refractivity contribution is 0.0152. The Bertz CT molecular complexity index is 124. The monoisotopic (exact) mass is 187 g/mol. The van der Waals surface area contributed by atoms with E-state index in [0.717, 1.165) is 19.6 Å². The van der Waals surface area contributed by atoms with Gasteiger partial charge in [0.25, 0.3) is 0 Å². The molecule has 3 heteroatoms. The van der Waals surface area contributed by atoms with Gasteiger partial charge in [-0.2, -0.15) is 0 Å². The summed E-state index contributed by atoms with van der Waals surface area (Å²) in [5, 5.41) is 12.1. The first-order valence-corrected chi connectivity index (χ1v) is 5.28. The van der Waals surface area contributed by atoms with Crippen LogP contribution in [0.15, 0.2) is 0 Å². The van der Waals surface area contributed by atoms with Crippen LogP contribution in [0.5, 0.6) is 0 Å². The predicted octanol–water partition coefficient (Wildman–Crippen LogP) is 0.916. The van der Waals surface area contributed by atoms with Crippen molar-refractivity contribution in [3.05, 3.63) is 0 Å². The lowest BCUT2D eigenvalue weighted by atomic mass is 10.1. The molecule has 0 aromatic carbocycles. The number of rotatable bonds is 5. The summed E-state index contributed by atoms with van der Waals surface area (Å²) in [5.74, 6) is 0. The number of aliphatic hydroxyl groups excluding tert-OH is 1. The van der Waals surface area contributed by atoms with Gasteiger partial charge in [-0.25, -0.2) is 0 Å². The van der Waals surface area contributed by atoms with E-state index in [1.54, 1.807) is 0 Å². The fourth-order valence-electron chi connectivity index (χ4n) is 1.60. The van der Waals surface area contributed by atoms with E-state index in [2.05, 4.69) is 12.2 Å². The number of aliphatic hydroxyl groups is 1. The van der Waals surface area contributed by atoms with E-state index in [1.807, 2.05) is 0 Å². The third kappa shape index (κ3) is 4.60. The summed E-state index contributed by atoms with van der Waals surface area (Å²) in [6.07, 6.45) is 4.91. The van der Waals surface area contributed by atoms with Crippen molar-refractivity contribution in [2.24, 2.45) is 0 Å². The molecule has 2 unspecified atom stereocenters. The molecule has 1 saturated heterocycles. The number of hydrogen-bond donors (Lipinski definition) is 2. The molecule has 0 aromatic heterocycles. The zero-order chi connectivity index (χ0) is 9.52. The molecule has 2 N–H and O–H groups in total. The van der Waals surface area contributed by atoms with Gasteiger partial charge in [0, 0.05) is 25.8 Å². The van der Waals surface area contributed by atoms with E-state index in [4.69, 9.17) is 9.84 Å². The largest absolute Gasteiger partial charge is 0.396 e. The highest BCUT2D eigenvalue weighted by molar-refractivity contribution is 4.69. The second kappa shape index (κ2) is 6.35. The summed E-state index contributed by atoms with van der Waals surface area (Å²) in [6, 6.07) is 0.399. The molecule has 0 radical (unpaired) electrons. The minimum Gasteiger partial charge on any atom is -0.396 e. The average molecular weight is 187 g/mol. The van der Waals surface area contributed by atoms with E-state index in [0.29, 0.717) is 12.1 Å². The van der Waals surface area contributed by atoms with Crippen molar-refractivity contribution >= 4 is 0 Å². The molecule has 1 aliphatic heterocycles. The lowest BCUT2D eigenvalue weighted by Gasteiger charge is -2.24. The molecule has 2 atom stereocenters. The highest BCUT2D eigenvalue weighted by Gasteiger charge is 2.13. The third-order valence-electron chi connectivity index (χ3n) is 2.53. The summed E-state index contributed by atoms with van der Waals surface area (Å²) >= 11 is 0. The molecule has 0 aliphatic carbocycles. The molecule has 0 saturated carbocycles. The van der Waals surface area contributed by atoms with Gasteiger partial charge in [0.15, 0.2) is 0 Å². The van der Waals surface area contributed by atoms with Gasteiger partial charge in [-0.05, 0) is 32.6 Å². The lowest BCUT2D eigenvalue weighted by Crippen LogP contribution is -2.37. The average Bonchev–Trinajstić information content (AvgIpc) is 2.17. The van der Waals surface area contributed by atoms with Crippen LogP contribution in [0.3, 0.4) is 0 Å². The van der Waals surface area contributed by atoms with Crippen LogP contribution in [0.2, 0.25) is 0 Å². The van der Waals surface area contributed by atoms with E-state index in [9.17, 15) is 0 Å². The molecule has 3 nitrogen and oxygen atoms in total. The first kappa shape index (κ1) is 11.0. The van der Waals surface area contributed by atoms with Crippen molar-refractivity contribution in [1.29, 1.82) is 0 Å². The Hall–Kier alpha value is -0.120. The van der Waals surface area contributed by atoms with Crippen LogP contribution < -0.4 is 5.32 Å². The summed E-state index contributed by atoms with van der Waals surface area (Å²) in [6.45, 7) is 4.21. The first-order valence-electron chi connectivity index (χ1n) is 5.28. The second-order valence-electron chi connectivity index (χ2n) is 3.81. The summed E-state index contributed by atoms with van der Waals surface area (Å²) in [4.78, 5) is 0. The molecular weight excluding hydrogens is 166 g/mol. The maximum Gasteiger partial charge on any atom is 0.0699 e. The van der Waals surface area contributed by atoms with Crippen LogP contribution in [0.1, 0.15) is 32.6 Å². The SMILES string of the molecule is CC(CCO)NCC1CCCCO1. The Morgan fingerprint density at radius 1 is 1.54 bits per heavy atom. The van der Waals surface area contributed by atoms with Gasteiger partial charge >= 0.3 is 0 Å². The first-order chi connectivity index (χ1) is 6.33. The molecular formula is C10H21NO2. The second-order valence-corrected chi connectivity index (χ2v) is 3.81. The van der Waals surface area contributed by atoms with Gasteiger partial charge in [0.1, 0.15) is 0 Å². The van der Waals surface area contributed by atoms with E-state index >= 15 is 0 Å². The van der Waals surface area contributed by atoms with Crippen LogP contribution in [0, 0.1) is 0 Å². The molecule has 1 aliphatic rings. The normalized spacial score (nSPS) is 25.8. The smallest absolute Gasteiger partial charge is 0.0699 e.